The number of nitrogens with zero attached hydrogens (tertiary/aromatic N) is 5. The smallest absolute Gasteiger partial charge is 0.272 e. The van der Waals surface area contributed by atoms with Crippen molar-refractivity contribution in [3.63, 3.8) is 0 Å². The third-order valence-electron chi connectivity index (χ3n) is 4.86. The first-order chi connectivity index (χ1) is 16.9. The zero-order valence-corrected chi connectivity index (χ0v) is 20.0. The molecule has 0 aliphatic rings. The van der Waals surface area contributed by atoms with E-state index in [1.807, 2.05) is 66.1 Å². The van der Waals surface area contributed by atoms with Crippen LogP contribution in [0.3, 0.4) is 0 Å². The Bertz CT molecular complexity index is 1390. The Hall–Kier alpha value is -4.02. The predicted octanol–water partition coefficient (Wildman–Crippen LogP) is 5.05. The van der Waals surface area contributed by atoms with Gasteiger partial charge in [-0.3, -0.25) is 19.5 Å². The van der Waals surface area contributed by atoms with Gasteiger partial charge in [-0.25, -0.2) is 5.43 Å². The number of aromatic nitrogens is 3. The third kappa shape index (κ3) is 5.92. The number of halogens is 1. The molecule has 9 nitrogen and oxygen atoms in total. The van der Waals surface area contributed by atoms with Crippen LogP contribution in [0.15, 0.2) is 83.1 Å². The lowest BCUT2D eigenvalue weighted by molar-refractivity contribution is -0.384. The molecule has 0 unspecified atom stereocenters. The van der Waals surface area contributed by atoms with E-state index in [4.69, 9.17) is 11.6 Å². The molecule has 0 spiro atoms. The van der Waals surface area contributed by atoms with Crippen molar-refractivity contribution >= 4 is 41.2 Å². The molecule has 3 aromatic carbocycles. The Morgan fingerprint density at radius 2 is 1.89 bits per heavy atom. The number of hydrogen-bond donors (Lipinski definition) is 1. The average Bonchev–Trinajstić information content (AvgIpc) is 3.28. The van der Waals surface area contributed by atoms with E-state index in [1.165, 1.54) is 30.1 Å². The molecule has 0 saturated heterocycles. The maximum absolute atomic E-state index is 12.4. The molecule has 4 rings (SSSR count). The van der Waals surface area contributed by atoms with E-state index in [0.717, 1.165) is 16.8 Å². The molecule has 0 fully saturated rings. The zero-order valence-electron chi connectivity index (χ0n) is 18.5. The number of nitro groups is 1. The summed E-state index contributed by atoms with van der Waals surface area (Å²) in [6.07, 6.45) is 1.31. The van der Waals surface area contributed by atoms with Gasteiger partial charge in [-0.15, -0.1) is 10.2 Å². The summed E-state index contributed by atoms with van der Waals surface area (Å²) in [5.74, 6) is 0.340. The number of rotatable bonds is 8. The molecular formula is C24H19ClN6O3S. The molecule has 0 aliphatic carbocycles. The number of nitro benzene ring substituents is 1. The van der Waals surface area contributed by atoms with Crippen molar-refractivity contribution in [1.29, 1.82) is 0 Å². The minimum Gasteiger partial charge on any atom is -0.272 e. The molecule has 0 atom stereocenters. The fourth-order valence-corrected chi connectivity index (χ4v) is 4.08. The molecule has 4 aromatic rings. The van der Waals surface area contributed by atoms with E-state index >= 15 is 0 Å². The Morgan fingerprint density at radius 3 is 2.60 bits per heavy atom. The molecule has 0 aliphatic heterocycles. The van der Waals surface area contributed by atoms with Crippen molar-refractivity contribution in [1.82, 2.24) is 20.2 Å². The van der Waals surface area contributed by atoms with Crippen LogP contribution >= 0.6 is 23.4 Å². The van der Waals surface area contributed by atoms with E-state index in [1.54, 1.807) is 6.07 Å². The van der Waals surface area contributed by atoms with Crippen molar-refractivity contribution in [3.8, 4) is 17.1 Å². The number of hydrazone groups is 1. The molecule has 1 N–H and O–H groups in total. The number of hydrogen-bond acceptors (Lipinski definition) is 7. The number of nitrogens with one attached hydrogen (secondary N) is 1. The van der Waals surface area contributed by atoms with E-state index in [0.29, 0.717) is 16.5 Å². The summed E-state index contributed by atoms with van der Waals surface area (Å²) in [4.78, 5) is 22.8. The number of carbonyl (C=O) groups excluding carboxylic acids is 1. The quantitative estimate of drug-likeness (QED) is 0.155. The van der Waals surface area contributed by atoms with Gasteiger partial charge >= 0.3 is 0 Å². The Labute approximate surface area is 210 Å². The molecule has 0 saturated carbocycles. The van der Waals surface area contributed by atoms with E-state index in [-0.39, 0.29) is 22.4 Å². The SMILES string of the molecule is Cc1ccc(-c2nnc(SCC(=O)N/N=C\c3ccc(Cl)c([N+](=O)[O-])c3)n2-c2ccccc2)cc1. The van der Waals surface area contributed by atoms with Crippen molar-refractivity contribution in [2.75, 3.05) is 5.75 Å². The summed E-state index contributed by atoms with van der Waals surface area (Å²) in [6.45, 7) is 2.02. The highest BCUT2D eigenvalue weighted by Gasteiger charge is 2.17. The predicted molar refractivity (Wildman–Crippen MR) is 136 cm³/mol. The van der Waals surface area contributed by atoms with Gasteiger partial charge in [-0.2, -0.15) is 5.10 Å². The van der Waals surface area contributed by atoms with Gasteiger partial charge in [-0.1, -0.05) is 77.5 Å². The van der Waals surface area contributed by atoms with Gasteiger partial charge in [0.1, 0.15) is 5.02 Å². The molecule has 1 heterocycles. The van der Waals surface area contributed by atoms with Crippen LogP contribution < -0.4 is 5.43 Å². The van der Waals surface area contributed by atoms with E-state index in [9.17, 15) is 14.9 Å². The zero-order chi connectivity index (χ0) is 24.8. The summed E-state index contributed by atoms with van der Waals surface area (Å²) >= 11 is 7.03. The van der Waals surface area contributed by atoms with Gasteiger partial charge in [0.2, 0.25) is 0 Å². The number of benzene rings is 3. The van der Waals surface area contributed by atoms with E-state index in [2.05, 4.69) is 20.7 Å². The van der Waals surface area contributed by atoms with Crippen molar-refractivity contribution in [2.24, 2.45) is 5.10 Å². The highest BCUT2D eigenvalue weighted by Crippen LogP contribution is 2.28. The largest absolute Gasteiger partial charge is 0.288 e. The van der Waals surface area contributed by atoms with Crippen LogP contribution in [-0.4, -0.2) is 37.6 Å². The minimum atomic E-state index is -0.581. The first-order valence-electron chi connectivity index (χ1n) is 10.4. The van der Waals surface area contributed by atoms with Gasteiger partial charge in [0, 0.05) is 22.9 Å². The monoisotopic (exact) mass is 506 g/mol. The number of carbonyl (C=O) groups is 1. The van der Waals surface area contributed by atoms with Gasteiger partial charge in [0.25, 0.3) is 11.6 Å². The van der Waals surface area contributed by atoms with Gasteiger partial charge in [0.15, 0.2) is 11.0 Å². The van der Waals surface area contributed by atoms with Crippen LogP contribution in [0.2, 0.25) is 5.02 Å². The molecule has 35 heavy (non-hydrogen) atoms. The summed E-state index contributed by atoms with van der Waals surface area (Å²) in [5.41, 5.74) is 5.53. The second kappa shape index (κ2) is 10.9. The first-order valence-corrected chi connectivity index (χ1v) is 11.8. The Balaban J connectivity index is 1.47. The van der Waals surface area contributed by atoms with Crippen LogP contribution in [0, 0.1) is 17.0 Å². The van der Waals surface area contributed by atoms with Crippen LogP contribution in [0.25, 0.3) is 17.1 Å². The molecule has 176 valence electrons. The van der Waals surface area contributed by atoms with Crippen molar-refractivity contribution in [3.05, 3.63) is 99.1 Å². The minimum absolute atomic E-state index is 0.0279. The van der Waals surface area contributed by atoms with Crippen molar-refractivity contribution < 1.29 is 9.72 Å². The topological polar surface area (TPSA) is 115 Å². The summed E-state index contributed by atoms with van der Waals surface area (Å²) < 4.78 is 1.90. The molecule has 11 heteroatoms. The fraction of sp³-hybridized carbons (Fsp3) is 0.0833. The van der Waals surface area contributed by atoms with Crippen LogP contribution in [0.5, 0.6) is 0 Å². The molecular weight excluding hydrogens is 488 g/mol. The number of para-hydroxylation sites is 1. The van der Waals surface area contributed by atoms with E-state index < -0.39 is 4.92 Å². The maximum atomic E-state index is 12.4. The normalized spacial score (nSPS) is 11.0. The summed E-state index contributed by atoms with van der Waals surface area (Å²) in [5, 5.41) is 24.1. The molecule has 1 amide bonds. The highest BCUT2D eigenvalue weighted by molar-refractivity contribution is 7.99. The Kier molecular flexibility index (Phi) is 7.54. The van der Waals surface area contributed by atoms with Gasteiger partial charge in [-0.05, 0) is 25.1 Å². The Morgan fingerprint density at radius 1 is 1.14 bits per heavy atom. The lowest BCUT2D eigenvalue weighted by Crippen LogP contribution is -2.20. The second-order valence-corrected chi connectivity index (χ2v) is 8.74. The van der Waals surface area contributed by atoms with Crippen LogP contribution in [0.1, 0.15) is 11.1 Å². The number of thioether (sulfide) groups is 1. The second-order valence-electron chi connectivity index (χ2n) is 7.39. The first kappa shape index (κ1) is 24.1. The summed E-state index contributed by atoms with van der Waals surface area (Å²) in [6, 6.07) is 21.9. The maximum Gasteiger partial charge on any atom is 0.288 e. The lowest BCUT2D eigenvalue weighted by Gasteiger charge is -2.10. The molecule has 1 aromatic heterocycles. The standard InChI is InChI=1S/C24H19ClN6O3S/c1-16-7-10-18(11-8-16)23-28-29-24(30(23)19-5-3-2-4-6-19)35-15-22(32)27-26-14-17-9-12-20(25)21(13-17)31(33)34/h2-14H,15H2,1H3,(H,27,32)/b26-14-. The number of aryl methyl sites for hydroxylation is 1. The van der Waals surface area contributed by atoms with Gasteiger partial charge in [0.05, 0.1) is 16.9 Å². The van der Waals surface area contributed by atoms with Crippen molar-refractivity contribution in [2.45, 2.75) is 12.1 Å². The number of amides is 1. The molecule has 0 bridgehead atoms. The summed E-state index contributed by atoms with van der Waals surface area (Å²) in [7, 11) is 0. The fourth-order valence-electron chi connectivity index (χ4n) is 3.15. The third-order valence-corrected chi connectivity index (χ3v) is 6.11. The van der Waals surface area contributed by atoms with Crippen LogP contribution in [-0.2, 0) is 4.79 Å². The van der Waals surface area contributed by atoms with Gasteiger partial charge < -0.3 is 0 Å². The highest BCUT2D eigenvalue weighted by atomic mass is 35.5. The van der Waals surface area contributed by atoms with Crippen LogP contribution in [0.4, 0.5) is 5.69 Å². The lowest BCUT2D eigenvalue weighted by atomic mass is 10.1. The molecule has 0 radical (unpaired) electrons. The average molecular weight is 507 g/mol.